The van der Waals surface area contributed by atoms with Crippen LogP contribution < -0.4 is 4.90 Å². The molecule has 0 N–H and O–H groups in total. The summed E-state index contributed by atoms with van der Waals surface area (Å²) in [6.07, 6.45) is 5.62. The molecule has 1 amide bonds. The van der Waals surface area contributed by atoms with Gasteiger partial charge in [0, 0.05) is 50.0 Å². The van der Waals surface area contributed by atoms with Gasteiger partial charge in [0.25, 0.3) is 0 Å². The highest BCUT2D eigenvalue weighted by Gasteiger charge is 2.35. The maximum absolute atomic E-state index is 12.8. The number of carbonyl (C=O) groups is 1. The molecule has 8 nitrogen and oxygen atoms in total. The quantitative estimate of drug-likeness (QED) is 0.555. The number of methoxy groups -OCH3 is 1. The highest BCUT2D eigenvalue weighted by Crippen LogP contribution is 2.45. The van der Waals surface area contributed by atoms with Crippen molar-refractivity contribution in [1.29, 1.82) is 10.5 Å². The molecule has 2 aromatic rings. The van der Waals surface area contributed by atoms with E-state index in [1.807, 2.05) is 17.0 Å². The van der Waals surface area contributed by atoms with Gasteiger partial charge in [-0.25, -0.2) is 4.98 Å². The normalized spacial score (nSPS) is 17.6. The zero-order chi connectivity index (χ0) is 25.8. The number of nitrogens with zero attached hydrogens (tertiary/aromatic N) is 6. The summed E-state index contributed by atoms with van der Waals surface area (Å²) in [5.74, 6) is 1.31. The molecule has 1 unspecified atom stereocenters. The summed E-state index contributed by atoms with van der Waals surface area (Å²) in [4.78, 5) is 26.3. The average molecular weight is 485 g/mol. The zero-order valence-electron chi connectivity index (χ0n) is 21.2. The monoisotopic (exact) mass is 484 g/mol. The number of nitriles is 2. The van der Waals surface area contributed by atoms with Crippen LogP contribution in [0.2, 0.25) is 0 Å². The van der Waals surface area contributed by atoms with Crippen LogP contribution in [-0.4, -0.2) is 60.2 Å². The van der Waals surface area contributed by atoms with Gasteiger partial charge >= 0.3 is 0 Å². The third-order valence-corrected chi connectivity index (χ3v) is 6.99. The van der Waals surface area contributed by atoms with E-state index in [0.29, 0.717) is 61.2 Å². The maximum Gasteiger partial charge on any atom is 0.225 e. The number of anilines is 1. The fourth-order valence-electron chi connectivity index (χ4n) is 4.84. The fourth-order valence-corrected chi connectivity index (χ4v) is 4.84. The molecule has 1 saturated carbocycles. The molecule has 0 radical (unpaired) electrons. The van der Waals surface area contributed by atoms with Gasteiger partial charge in [-0.3, -0.25) is 9.78 Å². The molecule has 2 aromatic heterocycles. The molecule has 2 aliphatic rings. The van der Waals surface area contributed by atoms with Gasteiger partial charge in [0.1, 0.15) is 18.0 Å². The predicted molar refractivity (Wildman–Crippen MR) is 138 cm³/mol. The molecule has 0 aromatic carbocycles. The van der Waals surface area contributed by atoms with Crippen molar-refractivity contribution in [2.24, 2.45) is 5.92 Å². The molecule has 8 heteroatoms. The molecular formula is C28H32N6O2. The van der Waals surface area contributed by atoms with Crippen LogP contribution in [0.1, 0.15) is 61.5 Å². The maximum atomic E-state index is 12.8. The van der Waals surface area contributed by atoms with Gasteiger partial charge in [0.2, 0.25) is 5.91 Å². The van der Waals surface area contributed by atoms with Crippen molar-refractivity contribution in [2.45, 2.75) is 45.1 Å². The van der Waals surface area contributed by atoms with E-state index < -0.39 is 0 Å². The van der Waals surface area contributed by atoms with E-state index in [9.17, 15) is 15.3 Å². The predicted octanol–water partition coefficient (Wildman–Crippen LogP) is 4.12. The van der Waals surface area contributed by atoms with E-state index in [1.54, 1.807) is 19.4 Å². The highest BCUT2D eigenvalue weighted by molar-refractivity contribution is 5.79. The number of hydrogen-bond acceptors (Lipinski definition) is 7. The molecular weight excluding hydrogens is 452 g/mol. The fraction of sp³-hybridized carbons (Fsp3) is 0.464. The Morgan fingerprint density at radius 1 is 1.22 bits per heavy atom. The number of rotatable bonds is 8. The third kappa shape index (κ3) is 5.10. The van der Waals surface area contributed by atoms with E-state index in [0.717, 1.165) is 29.7 Å². The highest BCUT2D eigenvalue weighted by atomic mass is 16.5. The Bertz CT molecular complexity index is 1240. The van der Waals surface area contributed by atoms with Gasteiger partial charge in [0.05, 0.1) is 41.6 Å². The van der Waals surface area contributed by atoms with Crippen molar-refractivity contribution in [1.82, 2.24) is 14.9 Å². The molecule has 1 aliphatic heterocycles. The zero-order valence-corrected chi connectivity index (χ0v) is 21.2. The smallest absolute Gasteiger partial charge is 0.225 e. The van der Waals surface area contributed by atoms with Gasteiger partial charge in [-0.15, -0.1) is 0 Å². The first-order chi connectivity index (χ1) is 17.4. The van der Waals surface area contributed by atoms with Crippen LogP contribution in [0.5, 0.6) is 0 Å². The summed E-state index contributed by atoms with van der Waals surface area (Å²) in [6.45, 7) is 10.2. The summed E-state index contributed by atoms with van der Waals surface area (Å²) < 4.78 is 5.11. The van der Waals surface area contributed by atoms with Crippen molar-refractivity contribution in [3.63, 3.8) is 0 Å². The Hall–Kier alpha value is -3.75. The van der Waals surface area contributed by atoms with Crippen molar-refractivity contribution in [3.8, 4) is 23.3 Å². The van der Waals surface area contributed by atoms with Crippen LogP contribution >= 0.6 is 0 Å². The molecule has 36 heavy (non-hydrogen) atoms. The minimum absolute atomic E-state index is 0.0149. The average Bonchev–Trinajstić information content (AvgIpc) is 3.75. The minimum atomic E-state index is 0.0149. The van der Waals surface area contributed by atoms with Crippen LogP contribution in [0.3, 0.4) is 0 Å². The van der Waals surface area contributed by atoms with Crippen molar-refractivity contribution >= 4 is 17.8 Å². The first kappa shape index (κ1) is 25.3. The molecule has 0 spiro atoms. The standard InChI is InChI=1S/C28H32N6O2/c1-5-22-13-23(21(15-30)16-31-22)24-12-20(14-29)28(32-27(24)19-6-7-19)33-9-10-34(25(17-33)18(2)3)26(35)8-11-36-4/h5,12-13,16,18-19,25H,1,6-11,17H2,2-4H3. The summed E-state index contributed by atoms with van der Waals surface area (Å²) >= 11 is 0. The Kier molecular flexibility index (Phi) is 7.67. The Morgan fingerprint density at radius 2 is 1.97 bits per heavy atom. The van der Waals surface area contributed by atoms with Gasteiger partial charge in [-0.1, -0.05) is 20.4 Å². The Morgan fingerprint density at radius 3 is 2.58 bits per heavy atom. The molecule has 1 atom stereocenters. The van der Waals surface area contributed by atoms with E-state index in [1.165, 1.54) is 0 Å². The van der Waals surface area contributed by atoms with Crippen LogP contribution in [-0.2, 0) is 9.53 Å². The van der Waals surface area contributed by atoms with Crippen LogP contribution in [0.4, 0.5) is 5.82 Å². The summed E-state index contributed by atoms with van der Waals surface area (Å²) in [5.41, 5.74) is 4.05. The number of aromatic nitrogens is 2. The topological polar surface area (TPSA) is 106 Å². The SMILES string of the molecule is C=Cc1cc(-c2cc(C#N)c(N3CCN(C(=O)CCOC)C(C(C)C)C3)nc2C2CC2)c(C#N)cn1. The number of piperazine rings is 1. The minimum Gasteiger partial charge on any atom is -0.384 e. The summed E-state index contributed by atoms with van der Waals surface area (Å²) in [7, 11) is 1.60. The summed E-state index contributed by atoms with van der Waals surface area (Å²) in [5, 5.41) is 19.8. The van der Waals surface area contributed by atoms with Gasteiger partial charge in [-0.2, -0.15) is 10.5 Å². The van der Waals surface area contributed by atoms with Gasteiger partial charge in [-0.05, 0) is 37.0 Å². The lowest BCUT2D eigenvalue weighted by Crippen LogP contribution is -2.57. The lowest BCUT2D eigenvalue weighted by atomic mass is 9.95. The molecule has 2 fully saturated rings. The number of hydrogen-bond donors (Lipinski definition) is 0. The number of carbonyl (C=O) groups excluding carboxylic acids is 1. The second kappa shape index (κ2) is 10.9. The van der Waals surface area contributed by atoms with Crippen molar-refractivity contribution < 1.29 is 9.53 Å². The Balaban J connectivity index is 1.73. The lowest BCUT2D eigenvalue weighted by molar-refractivity contribution is -0.135. The van der Waals surface area contributed by atoms with Crippen LogP contribution in [0, 0.1) is 28.6 Å². The van der Waals surface area contributed by atoms with E-state index >= 15 is 0 Å². The van der Waals surface area contributed by atoms with Gasteiger partial charge < -0.3 is 14.5 Å². The second-order valence-electron chi connectivity index (χ2n) is 9.74. The Labute approximate surface area is 212 Å². The number of pyridine rings is 2. The van der Waals surface area contributed by atoms with Crippen LogP contribution in [0.25, 0.3) is 17.2 Å². The van der Waals surface area contributed by atoms with Crippen molar-refractivity contribution in [2.75, 3.05) is 38.3 Å². The molecule has 4 rings (SSSR count). The van der Waals surface area contributed by atoms with Gasteiger partial charge in [0.15, 0.2) is 0 Å². The van der Waals surface area contributed by atoms with Crippen molar-refractivity contribution in [3.05, 3.63) is 47.4 Å². The van der Waals surface area contributed by atoms with Crippen LogP contribution in [0.15, 0.2) is 24.9 Å². The first-order valence-corrected chi connectivity index (χ1v) is 12.4. The molecule has 186 valence electrons. The first-order valence-electron chi connectivity index (χ1n) is 12.4. The molecule has 1 saturated heterocycles. The third-order valence-electron chi connectivity index (χ3n) is 6.99. The number of amides is 1. The molecule has 3 heterocycles. The second-order valence-corrected chi connectivity index (χ2v) is 9.74. The van der Waals surface area contributed by atoms with E-state index in [-0.39, 0.29) is 17.9 Å². The van der Waals surface area contributed by atoms with E-state index in [2.05, 4.69) is 42.4 Å². The number of ether oxygens (including phenoxy) is 1. The lowest BCUT2D eigenvalue weighted by Gasteiger charge is -2.44. The largest absolute Gasteiger partial charge is 0.384 e. The molecule has 1 aliphatic carbocycles. The molecule has 0 bridgehead atoms. The van der Waals surface area contributed by atoms with E-state index in [4.69, 9.17) is 9.72 Å². The summed E-state index contributed by atoms with van der Waals surface area (Å²) in [6, 6.07) is 8.30.